The summed E-state index contributed by atoms with van der Waals surface area (Å²) in [6.07, 6.45) is 0. The predicted molar refractivity (Wildman–Crippen MR) is 28.1 cm³/mol. The molecule has 0 spiro atoms. The van der Waals surface area contributed by atoms with Gasteiger partial charge in [0, 0.05) is 0 Å². The Labute approximate surface area is 59.4 Å². The summed E-state index contributed by atoms with van der Waals surface area (Å²) in [6.45, 7) is 5.88. The van der Waals surface area contributed by atoms with Crippen molar-refractivity contribution in [1.82, 2.24) is 0 Å². The summed E-state index contributed by atoms with van der Waals surface area (Å²) < 4.78 is 4.69. The van der Waals surface area contributed by atoms with Crippen LogP contribution in [0.15, 0.2) is 0 Å². The maximum Gasteiger partial charge on any atom is -0.147 e. The number of hydrogen-bond donors (Lipinski definition) is 0. The molecule has 0 saturated heterocycles. The molecule has 0 fully saturated rings. The molecule has 0 aliphatic carbocycles. The topological polar surface area (TPSA) is 9.23 Å². The summed E-state index contributed by atoms with van der Waals surface area (Å²) in [5.41, 5.74) is -0.0694. The molecule has 1 nitrogen and oxygen atoms in total. The van der Waals surface area contributed by atoms with Crippen molar-refractivity contribution in [1.29, 1.82) is 0 Å². The van der Waals surface area contributed by atoms with Gasteiger partial charge in [0.15, 0.2) is 0 Å². The van der Waals surface area contributed by atoms with Crippen LogP contribution in [0.25, 0.3) is 0 Å². The van der Waals surface area contributed by atoms with Crippen LogP contribution in [0.3, 0.4) is 0 Å². The zero-order valence-corrected chi connectivity index (χ0v) is 6.59. The van der Waals surface area contributed by atoms with Gasteiger partial charge in [-0.05, 0) is 0 Å². The van der Waals surface area contributed by atoms with Crippen molar-refractivity contribution in [2.24, 2.45) is 0 Å². The van der Waals surface area contributed by atoms with Crippen LogP contribution in [0.5, 0.6) is 0 Å². The summed E-state index contributed by atoms with van der Waals surface area (Å²) in [7, 11) is 0. The van der Waals surface area contributed by atoms with Crippen LogP contribution < -0.4 is 0 Å². The van der Waals surface area contributed by atoms with E-state index in [1.807, 2.05) is 20.8 Å². The second-order valence-corrected chi connectivity index (χ2v) is 2.41. The van der Waals surface area contributed by atoms with Crippen molar-refractivity contribution < 1.29 is 20.2 Å². The Kier molecular flexibility index (Phi) is 5.70. The summed E-state index contributed by atoms with van der Waals surface area (Å²) >= 11 is 3.26. The third-order valence-electron chi connectivity index (χ3n) is 0.217. The van der Waals surface area contributed by atoms with Crippen molar-refractivity contribution in [3.63, 3.8) is 0 Å². The molecule has 0 heterocycles. The minimum absolute atomic E-state index is 0. The fraction of sp³-hybridized carbons (Fsp3) is 1.00. The minimum atomic E-state index is -0.0694. The molecule has 0 atom stereocenters. The van der Waals surface area contributed by atoms with Crippen LogP contribution in [0.4, 0.5) is 0 Å². The Bertz CT molecular complexity index is 41.4. The van der Waals surface area contributed by atoms with Crippen LogP contribution in [0.2, 0.25) is 0 Å². The molecule has 0 aromatic heterocycles. The van der Waals surface area contributed by atoms with Gasteiger partial charge in [0.25, 0.3) is 0 Å². The quantitative estimate of drug-likeness (QED) is 0.496. The van der Waals surface area contributed by atoms with E-state index in [-0.39, 0.29) is 18.0 Å². The Morgan fingerprint density at radius 2 is 1.43 bits per heavy atom. The third-order valence-corrected chi connectivity index (χ3v) is 0.893. The fourth-order valence-corrected chi connectivity index (χ4v) is 0. The summed E-state index contributed by atoms with van der Waals surface area (Å²) in [4.78, 5) is 0. The van der Waals surface area contributed by atoms with Gasteiger partial charge in [0.05, 0.1) is 0 Å². The molecule has 7 heavy (non-hydrogen) atoms. The van der Waals surface area contributed by atoms with Crippen molar-refractivity contribution in [3.8, 4) is 0 Å². The molecule has 3 heteroatoms. The van der Waals surface area contributed by atoms with E-state index in [2.05, 4.69) is 20.2 Å². The van der Waals surface area contributed by atoms with E-state index in [0.717, 1.165) is 0 Å². The van der Waals surface area contributed by atoms with E-state index >= 15 is 0 Å². The SMILES string of the molecule is CC(C)(C)[O][Fe].Cl. The first-order chi connectivity index (χ1) is 2.56. The Morgan fingerprint density at radius 3 is 1.43 bits per heavy atom. The van der Waals surface area contributed by atoms with Crippen LogP contribution in [-0.2, 0) is 20.2 Å². The maximum absolute atomic E-state index is 4.69. The molecule has 0 aromatic carbocycles. The molecule has 0 aromatic rings. The molecule has 0 radical (unpaired) electrons. The number of hydrogen-bond acceptors (Lipinski definition) is 1. The fourth-order valence-electron chi connectivity index (χ4n) is 0. The summed E-state index contributed by atoms with van der Waals surface area (Å²) in [5, 5.41) is 0. The molecule has 0 saturated carbocycles. The molecule has 0 amide bonds. The van der Waals surface area contributed by atoms with E-state index in [1.54, 1.807) is 0 Å². The summed E-state index contributed by atoms with van der Waals surface area (Å²) in [6, 6.07) is 0. The van der Waals surface area contributed by atoms with Gasteiger partial charge in [-0.15, -0.1) is 12.4 Å². The average Bonchev–Trinajstić information content (AvgIpc) is 1.35. The molecule has 0 aliphatic heterocycles. The van der Waals surface area contributed by atoms with Gasteiger partial charge in [-0.2, -0.15) is 0 Å². The zero-order chi connectivity index (χ0) is 5.21. The van der Waals surface area contributed by atoms with Crippen LogP contribution in [-0.4, -0.2) is 5.60 Å². The van der Waals surface area contributed by atoms with Gasteiger partial charge in [0.2, 0.25) is 0 Å². The van der Waals surface area contributed by atoms with Crippen molar-refractivity contribution in [2.45, 2.75) is 26.4 Å². The second-order valence-electron chi connectivity index (χ2n) is 2.18. The Hall–Kier alpha value is 0.769. The van der Waals surface area contributed by atoms with Gasteiger partial charge in [-0.25, -0.2) is 0 Å². The molecular weight excluding hydrogens is 155 g/mol. The second kappa shape index (κ2) is 3.73. The van der Waals surface area contributed by atoms with Gasteiger partial charge < -0.3 is 0 Å². The van der Waals surface area contributed by atoms with Crippen molar-refractivity contribution >= 4 is 12.4 Å². The number of rotatable bonds is 0. The monoisotopic (exact) mass is 165 g/mol. The molecule has 0 N–H and O–H groups in total. The van der Waals surface area contributed by atoms with Gasteiger partial charge >= 0.3 is 46.5 Å². The molecule has 0 bridgehead atoms. The average molecular weight is 165 g/mol. The van der Waals surface area contributed by atoms with Crippen molar-refractivity contribution in [3.05, 3.63) is 0 Å². The van der Waals surface area contributed by atoms with E-state index < -0.39 is 0 Å². The maximum atomic E-state index is 4.69. The first-order valence-electron chi connectivity index (χ1n) is 1.85. The Morgan fingerprint density at radius 1 is 1.29 bits per heavy atom. The predicted octanol–water partition coefficient (Wildman–Crippen LogP) is 1.69. The summed E-state index contributed by atoms with van der Waals surface area (Å²) in [5.74, 6) is 0. The van der Waals surface area contributed by atoms with Crippen LogP contribution in [0, 0.1) is 0 Å². The van der Waals surface area contributed by atoms with E-state index in [0.29, 0.717) is 0 Å². The number of halogens is 1. The van der Waals surface area contributed by atoms with Gasteiger partial charge in [-0.3, -0.25) is 0 Å². The smallest absolute Gasteiger partial charge is 0.147 e. The molecular formula is C4H10ClFeO. The van der Waals surface area contributed by atoms with E-state index in [1.165, 1.54) is 0 Å². The first-order valence-corrected chi connectivity index (χ1v) is 2.30. The van der Waals surface area contributed by atoms with E-state index in [9.17, 15) is 0 Å². The molecule has 47 valence electrons. The third kappa shape index (κ3) is 10.8. The molecule has 0 rings (SSSR count). The standard InChI is InChI=1S/C4H9O.ClH.Fe/c1-4(2,3)5;;/h1-3H3;1H;/q-1;;+1. The van der Waals surface area contributed by atoms with Crippen LogP contribution >= 0.6 is 12.4 Å². The minimum Gasteiger partial charge on any atom is -0.147 e. The molecule has 0 unspecified atom stereocenters. The van der Waals surface area contributed by atoms with Gasteiger partial charge in [0.1, 0.15) is 0 Å². The Balaban J connectivity index is 0. The van der Waals surface area contributed by atoms with E-state index in [4.69, 9.17) is 0 Å². The zero-order valence-electron chi connectivity index (χ0n) is 4.67. The van der Waals surface area contributed by atoms with Crippen LogP contribution in [0.1, 0.15) is 20.8 Å². The van der Waals surface area contributed by atoms with Gasteiger partial charge in [-0.1, -0.05) is 0 Å². The molecule has 0 aliphatic rings. The van der Waals surface area contributed by atoms with Crippen molar-refractivity contribution in [2.75, 3.05) is 0 Å². The normalized spacial score (nSPS) is 10.3. The largest absolute Gasteiger partial charge is 0.147 e. The first kappa shape index (κ1) is 10.7.